The van der Waals surface area contributed by atoms with Gasteiger partial charge >= 0.3 is 0 Å². The van der Waals surface area contributed by atoms with Crippen molar-refractivity contribution in [2.45, 2.75) is 32.6 Å². The van der Waals surface area contributed by atoms with Crippen molar-refractivity contribution < 1.29 is 0 Å². The minimum absolute atomic E-state index is 1.13. The van der Waals surface area contributed by atoms with Crippen LogP contribution < -0.4 is 0 Å². The van der Waals surface area contributed by atoms with E-state index >= 15 is 0 Å². The summed E-state index contributed by atoms with van der Waals surface area (Å²) in [4.78, 5) is 0. The first kappa shape index (κ1) is 8.32. The molecule has 0 nitrogen and oxygen atoms in total. The predicted molar refractivity (Wildman–Crippen MR) is 50.5 cm³/mol. The molecule has 0 heteroatoms. The average Bonchev–Trinajstić information content (AvgIpc) is 2.01. The maximum atomic E-state index is 4.01. The van der Waals surface area contributed by atoms with E-state index in [-0.39, 0.29) is 0 Å². The first-order valence-electron chi connectivity index (χ1n) is 4.30. The molecular weight excluding hydrogens is 132 g/mol. The van der Waals surface area contributed by atoms with E-state index in [0.29, 0.717) is 0 Å². The summed E-state index contributed by atoms with van der Waals surface area (Å²) in [5.41, 5.74) is 2.94. The fourth-order valence-electron chi connectivity index (χ4n) is 1.44. The molecule has 1 saturated carbocycles. The molecule has 11 heavy (non-hydrogen) atoms. The van der Waals surface area contributed by atoms with E-state index in [1.807, 2.05) is 0 Å². The number of hydrogen-bond donors (Lipinski definition) is 0. The SMILES string of the molecule is C=C1CCC/C(=C/C=C\C)C1. The van der Waals surface area contributed by atoms with E-state index in [1.165, 1.54) is 24.8 Å². The van der Waals surface area contributed by atoms with Crippen LogP contribution >= 0.6 is 0 Å². The molecule has 0 unspecified atom stereocenters. The highest BCUT2D eigenvalue weighted by Gasteiger charge is 2.06. The molecule has 1 rings (SSSR count). The van der Waals surface area contributed by atoms with Crippen LogP contribution in [-0.2, 0) is 0 Å². The minimum atomic E-state index is 1.13. The highest BCUT2D eigenvalue weighted by atomic mass is 14.1. The van der Waals surface area contributed by atoms with Crippen LogP contribution in [0.3, 0.4) is 0 Å². The highest BCUT2D eigenvalue weighted by molar-refractivity contribution is 5.21. The van der Waals surface area contributed by atoms with E-state index in [0.717, 1.165) is 6.42 Å². The van der Waals surface area contributed by atoms with Gasteiger partial charge in [-0.25, -0.2) is 0 Å². The summed E-state index contributed by atoms with van der Waals surface area (Å²) in [5, 5.41) is 0. The zero-order chi connectivity index (χ0) is 8.10. The molecule has 1 aliphatic rings. The van der Waals surface area contributed by atoms with Crippen molar-refractivity contribution in [1.29, 1.82) is 0 Å². The Hall–Kier alpha value is -0.780. The van der Waals surface area contributed by atoms with Gasteiger partial charge in [0.05, 0.1) is 0 Å². The Morgan fingerprint density at radius 2 is 2.18 bits per heavy atom. The summed E-state index contributed by atoms with van der Waals surface area (Å²) < 4.78 is 0. The first-order valence-corrected chi connectivity index (χ1v) is 4.30. The molecular formula is C11H16. The Morgan fingerprint density at radius 3 is 2.82 bits per heavy atom. The van der Waals surface area contributed by atoms with Gasteiger partial charge < -0.3 is 0 Å². The number of hydrogen-bond acceptors (Lipinski definition) is 0. The Bertz CT molecular complexity index is 194. The molecule has 0 heterocycles. The molecule has 0 aromatic carbocycles. The minimum Gasteiger partial charge on any atom is -0.0995 e. The van der Waals surface area contributed by atoms with Gasteiger partial charge in [-0.3, -0.25) is 0 Å². The molecule has 0 radical (unpaired) electrons. The lowest BCUT2D eigenvalue weighted by Gasteiger charge is -2.15. The first-order chi connectivity index (χ1) is 5.33. The van der Waals surface area contributed by atoms with E-state index in [4.69, 9.17) is 0 Å². The maximum Gasteiger partial charge on any atom is -0.0108 e. The molecule has 0 amide bonds. The molecule has 1 aliphatic carbocycles. The standard InChI is InChI=1S/C11H16/c1-3-4-7-11-8-5-6-10(2)9-11/h3-4,7H,2,5-6,8-9H2,1H3/b4-3-,11-7-. The van der Waals surface area contributed by atoms with E-state index in [9.17, 15) is 0 Å². The van der Waals surface area contributed by atoms with E-state index in [1.54, 1.807) is 5.57 Å². The largest absolute Gasteiger partial charge is 0.0995 e. The van der Waals surface area contributed by atoms with Crippen molar-refractivity contribution in [2.24, 2.45) is 0 Å². The second-order valence-electron chi connectivity index (χ2n) is 3.13. The Morgan fingerprint density at radius 1 is 1.36 bits per heavy atom. The highest BCUT2D eigenvalue weighted by Crippen LogP contribution is 2.26. The zero-order valence-electron chi connectivity index (χ0n) is 7.27. The summed E-state index contributed by atoms with van der Waals surface area (Å²) in [5.74, 6) is 0. The monoisotopic (exact) mass is 148 g/mol. The second-order valence-corrected chi connectivity index (χ2v) is 3.13. The molecule has 0 aromatic rings. The fraction of sp³-hybridized carbons (Fsp3) is 0.455. The van der Waals surface area contributed by atoms with E-state index < -0.39 is 0 Å². The lowest BCUT2D eigenvalue weighted by molar-refractivity contribution is 0.715. The van der Waals surface area contributed by atoms with Gasteiger partial charge in [0.15, 0.2) is 0 Å². The van der Waals surface area contributed by atoms with Crippen LogP contribution in [0, 0.1) is 0 Å². The van der Waals surface area contributed by atoms with Crippen LogP contribution in [0.4, 0.5) is 0 Å². The topological polar surface area (TPSA) is 0 Å². The number of allylic oxidation sites excluding steroid dienone is 5. The van der Waals surface area contributed by atoms with Gasteiger partial charge in [-0.15, -0.1) is 0 Å². The van der Waals surface area contributed by atoms with Crippen LogP contribution in [0.1, 0.15) is 32.6 Å². The van der Waals surface area contributed by atoms with Gasteiger partial charge in [-0.2, -0.15) is 0 Å². The molecule has 1 fully saturated rings. The molecule has 0 bridgehead atoms. The zero-order valence-corrected chi connectivity index (χ0v) is 7.27. The summed E-state index contributed by atoms with van der Waals surface area (Å²) >= 11 is 0. The van der Waals surface area contributed by atoms with Gasteiger partial charge in [0.1, 0.15) is 0 Å². The Labute approximate surface area is 69.3 Å². The molecule has 0 aliphatic heterocycles. The fourth-order valence-corrected chi connectivity index (χ4v) is 1.44. The van der Waals surface area contributed by atoms with Crippen LogP contribution in [0.2, 0.25) is 0 Å². The van der Waals surface area contributed by atoms with Crippen LogP contribution in [0.25, 0.3) is 0 Å². The third-order valence-corrected chi connectivity index (χ3v) is 2.03. The van der Waals surface area contributed by atoms with Crippen molar-refractivity contribution in [2.75, 3.05) is 0 Å². The molecule has 0 spiro atoms. The summed E-state index contributed by atoms with van der Waals surface area (Å²) in [7, 11) is 0. The summed E-state index contributed by atoms with van der Waals surface area (Å²) in [6.07, 6.45) is 11.3. The van der Waals surface area contributed by atoms with Gasteiger partial charge in [-0.05, 0) is 32.6 Å². The van der Waals surface area contributed by atoms with Crippen LogP contribution in [0.5, 0.6) is 0 Å². The average molecular weight is 148 g/mol. The Kier molecular flexibility index (Phi) is 3.15. The molecule has 0 aromatic heterocycles. The van der Waals surface area contributed by atoms with Crippen molar-refractivity contribution >= 4 is 0 Å². The molecule has 0 saturated heterocycles. The molecule has 60 valence electrons. The smallest absolute Gasteiger partial charge is 0.0108 e. The lowest BCUT2D eigenvalue weighted by atomic mass is 9.91. The van der Waals surface area contributed by atoms with Crippen molar-refractivity contribution in [3.05, 3.63) is 36.0 Å². The summed E-state index contributed by atoms with van der Waals surface area (Å²) in [6.45, 7) is 6.06. The van der Waals surface area contributed by atoms with Crippen LogP contribution in [-0.4, -0.2) is 0 Å². The second kappa shape index (κ2) is 4.17. The third-order valence-electron chi connectivity index (χ3n) is 2.03. The van der Waals surface area contributed by atoms with Crippen molar-refractivity contribution in [1.82, 2.24) is 0 Å². The van der Waals surface area contributed by atoms with Crippen molar-refractivity contribution in [3.8, 4) is 0 Å². The maximum absolute atomic E-state index is 4.01. The number of rotatable bonds is 1. The quantitative estimate of drug-likeness (QED) is 0.498. The van der Waals surface area contributed by atoms with Gasteiger partial charge in [0, 0.05) is 0 Å². The van der Waals surface area contributed by atoms with Crippen molar-refractivity contribution in [3.63, 3.8) is 0 Å². The Balaban J connectivity index is 2.51. The van der Waals surface area contributed by atoms with Gasteiger partial charge in [0.25, 0.3) is 0 Å². The predicted octanol–water partition coefficient (Wildman–Crippen LogP) is 3.62. The third kappa shape index (κ3) is 2.75. The van der Waals surface area contributed by atoms with Gasteiger partial charge in [0.2, 0.25) is 0 Å². The lowest BCUT2D eigenvalue weighted by Crippen LogP contribution is -1.95. The summed E-state index contributed by atoms with van der Waals surface area (Å²) in [6, 6.07) is 0. The molecule has 0 atom stereocenters. The molecule has 0 N–H and O–H groups in total. The van der Waals surface area contributed by atoms with Gasteiger partial charge in [-0.1, -0.05) is 36.0 Å². The van der Waals surface area contributed by atoms with Crippen LogP contribution in [0.15, 0.2) is 36.0 Å². The normalized spacial score (nSPS) is 23.4. The van der Waals surface area contributed by atoms with E-state index in [2.05, 4.69) is 31.7 Å².